The van der Waals surface area contributed by atoms with Gasteiger partial charge in [0.15, 0.2) is 0 Å². The average molecular weight is 228 g/mol. The third-order valence-corrected chi connectivity index (χ3v) is 3.55. The molecule has 17 heavy (non-hydrogen) atoms. The molecule has 0 amide bonds. The van der Waals surface area contributed by atoms with Crippen LogP contribution in [-0.2, 0) is 13.0 Å². The fourth-order valence-electron chi connectivity index (χ4n) is 2.53. The van der Waals surface area contributed by atoms with E-state index in [2.05, 4.69) is 18.8 Å². The molecule has 1 aromatic heterocycles. The molecule has 0 atom stereocenters. The van der Waals surface area contributed by atoms with Crippen LogP contribution in [0.25, 0.3) is 10.9 Å². The summed E-state index contributed by atoms with van der Waals surface area (Å²) in [6, 6.07) is 7.60. The summed E-state index contributed by atoms with van der Waals surface area (Å²) in [5.41, 5.74) is 1.13. The third kappa shape index (κ3) is 1.66. The van der Waals surface area contributed by atoms with E-state index in [-0.39, 0.29) is 11.0 Å². The van der Waals surface area contributed by atoms with Gasteiger partial charge in [-0.05, 0) is 24.0 Å². The molecule has 0 saturated heterocycles. The molecule has 0 N–H and O–H groups in total. The maximum atomic E-state index is 12.4. The molecule has 1 aliphatic rings. The Bertz CT molecular complexity index is 640. The molecular weight excluding hydrogens is 212 g/mol. The van der Waals surface area contributed by atoms with Crippen LogP contribution in [0.4, 0.5) is 0 Å². The summed E-state index contributed by atoms with van der Waals surface area (Å²) < 4.78 is 1.85. The molecule has 2 aromatic rings. The third-order valence-electron chi connectivity index (χ3n) is 3.55. The van der Waals surface area contributed by atoms with Crippen molar-refractivity contribution in [3.05, 3.63) is 40.4 Å². The first kappa shape index (κ1) is 10.5. The number of aryl methyl sites for hydroxylation is 1. The van der Waals surface area contributed by atoms with Gasteiger partial charge in [0.2, 0.25) is 0 Å². The molecule has 1 aromatic carbocycles. The van der Waals surface area contributed by atoms with Gasteiger partial charge >= 0.3 is 0 Å². The van der Waals surface area contributed by atoms with Crippen LogP contribution in [-0.4, -0.2) is 9.55 Å². The number of hydrogen-bond donors (Lipinski definition) is 0. The predicted octanol–water partition coefficient (Wildman–Crippen LogP) is 2.37. The van der Waals surface area contributed by atoms with Crippen molar-refractivity contribution >= 4 is 10.9 Å². The van der Waals surface area contributed by atoms with Crippen molar-refractivity contribution in [1.82, 2.24) is 9.55 Å². The lowest BCUT2D eigenvalue weighted by Crippen LogP contribution is -2.36. The summed E-state index contributed by atoms with van der Waals surface area (Å²) >= 11 is 0. The Balaban J connectivity index is 2.30. The van der Waals surface area contributed by atoms with Crippen LogP contribution in [0.1, 0.15) is 26.1 Å². The second-order valence-corrected chi connectivity index (χ2v) is 5.60. The van der Waals surface area contributed by atoms with Crippen molar-refractivity contribution in [2.24, 2.45) is 5.41 Å². The minimum absolute atomic E-state index is 0.110. The van der Waals surface area contributed by atoms with E-state index in [9.17, 15) is 4.79 Å². The topological polar surface area (TPSA) is 34.9 Å². The van der Waals surface area contributed by atoms with Gasteiger partial charge in [0.1, 0.15) is 5.82 Å². The molecule has 0 saturated carbocycles. The summed E-state index contributed by atoms with van der Waals surface area (Å²) in [4.78, 5) is 17.0. The van der Waals surface area contributed by atoms with Gasteiger partial charge in [0, 0.05) is 13.0 Å². The smallest absolute Gasteiger partial charge is 0.261 e. The summed E-state index contributed by atoms with van der Waals surface area (Å²) in [7, 11) is 0. The average Bonchev–Trinajstić information content (AvgIpc) is 2.30. The van der Waals surface area contributed by atoms with Gasteiger partial charge in [-0.25, -0.2) is 4.98 Å². The van der Waals surface area contributed by atoms with Crippen LogP contribution in [0.15, 0.2) is 29.1 Å². The van der Waals surface area contributed by atoms with Gasteiger partial charge < -0.3 is 0 Å². The number of fused-ring (bicyclic) bond motifs is 2. The molecule has 0 radical (unpaired) electrons. The van der Waals surface area contributed by atoms with E-state index >= 15 is 0 Å². The fourth-order valence-corrected chi connectivity index (χ4v) is 2.53. The number of hydrogen-bond acceptors (Lipinski definition) is 2. The summed E-state index contributed by atoms with van der Waals surface area (Å²) in [5, 5.41) is 0.731. The lowest BCUT2D eigenvalue weighted by atomic mass is 9.85. The van der Waals surface area contributed by atoms with Crippen LogP contribution < -0.4 is 5.56 Å². The van der Waals surface area contributed by atoms with E-state index in [0.29, 0.717) is 0 Å². The molecule has 1 aliphatic heterocycles. The number of nitrogens with zero attached hydrogens (tertiary/aromatic N) is 2. The Hall–Kier alpha value is -1.64. The fraction of sp³-hybridized carbons (Fsp3) is 0.429. The molecule has 0 fully saturated rings. The van der Waals surface area contributed by atoms with Gasteiger partial charge in [-0.3, -0.25) is 9.36 Å². The minimum Gasteiger partial charge on any atom is -0.296 e. The van der Waals surface area contributed by atoms with Gasteiger partial charge in [0.05, 0.1) is 10.9 Å². The first-order valence-electron chi connectivity index (χ1n) is 6.05. The van der Waals surface area contributed by atoms with E-state index in [0.717, 1.165) is 36.1 Å². The van der Waals surface area contributed by atoms with Crippen LogP contribution in [0.3, 0.4) is 0 Å². The zero-order valence-electron chi connectivity index (χ0n) is 10.2. The van der Waals surface area contributed by atoms with E-state index in [4.69, 9.17) is 0 Å². The highest BCUT2D eigenvalue weighted by atomic mass is 16.1. The zero-order chi connectivity index (χ0) is 12.0. The highest BCUT2D eigenvalue weighted by Crippen LogP contribution is 2.29. The maximum Gasteiger partial charge on any atom is 0.261 e. The van der Waals surface area contributed by atoms with Crippen LogP contribution in [0.2, 0.25) is 0 Å². The Kier molecular flexibility index (Phi) is 2.12. The minimum atomic E-state index is 0.110. The van der Waals surface area contributed by atoms with Crippen LogP contribution >= 0.6 is 0 Å². The summed E-state index contributed by atoms with van der Waals surface area (Å²) in [5.74, 6) is 0.938. The van der Waals surface area contributed by atoms with E-state index in [1.165, 1.54) is 0 Å². The lowest BCUT2D eigenvalue weighted by Gasteiger charge is -2.31. The molecule has 2 heterocycles. The van der Waals surface area contributed by atoms with Crippen molar-refractivity contribution in [2.45, 2.75) is 33.2 Å². The van der Waals surface area contributed by atoms with Crippen molar-refractivity contribution < 1.29 is 0 Å². The van der Waals surface area contributed by atoms with Gasteiger partial charge in [-0.15, -0.1) is 0 Å². The molecule has 3 nitrogen and oxygen atoms in total. The van der Waals surface area contributed by atoms with Crippen molar-refractivity contribution in [1.29, 1.82) is 0 Å². The molecule has 0 bridgehead atoms. The first-order valence-corrected chi connectivity index (χ1v) is 6.05. The second-order valence-electron chi connectivity index (χ2n) is 5.60. The molecule has 3 heteroatoms. The van der Waals surface area contributed by atoms with E-state index in [1.807, 2.05) is 28.8 Å². The second kappa shape index (κ2) is 3.42. The SMILES string of the molecule is CC1(C)CCc2nc3ccccc3c(=O)n2C1. The number of para-hydroxylation sites is 1. The molecule has 88 valence electrons. The Labute approximate surface area is 100 Å². The summed E-state index contributed by atoms with van der Waals surface area (Å²) in [6.45, 7) is 5.19. The Morgan fingerprint density at radius 2 is 2.06 bits per heavy atom. The lowest BCUT2D eigenvalue weighted by molar-refractivity contribution is 0.240. The molecular formula is C14H16N2O. The standard InChI is InChI=1S/C14H16N2O/c1-14(2)8-7-12-15-11-6-4-3-5-10(11)13(17)16(12)9-14/h3-6H,7-9H2,1-2H3. The number of aromatic nitrogens is 2. The van der Waals surface area contributed by atoms with Gasteiger partial charge in [-0.2, -0.15) is 0 Å². The predicted molar refractivity (Wildman–Crippen MR) is 68.1 cm³/mol. The maximum absolute atomic E-state index is 12.4. The molecule has 0 aliphatic carbocycles. The van der Waals surface area contributed by atoms with Crippen molar-refractivity contribution in [3.63, 3.8) is 0 Å². The quantitative estimate of drug-likeness (QED) is 0.694. The first-order chi connectivity index (χ1) is 8.07. The highest BCUT2D eigenvalue weighted by molar-refractivity contribution is 5.77. The normalized spacial score (nSPS) is 18.0. The Morgan fingerprint density at radius 1 is 1.29 bits per heavy atom. The molecule has 0 unspecified atom stereocenters. The highest BCUT2D eigenvalue weighted by Gasteiger charge is 2.27. The van der Waals surface area contributed by atoms with E-state index in [1.54, 1.807) is 0 Å². The summed E-state index contributed by atoms with van der Waals surface area (Å²) in [6.07, 6.45) is 1.99. The van der Waals surface area contributed by atoms with Crippen molar-refractivity contribution in [2.75, 3.05) is 0 Å². The van der Waals surface area contributed by atoms with Crippen LogP contribution in [0, 0.1) is 5.41 Å². The molecule has 3 rings (SSSR count). The van der Waals surface area contributed by atoms with Gasteiger partial charge in [-0.1, -0.05) is 26.0 Å². The number of rotatable bonds is 0. The van der Waals surface area contributed by atoms with E-state index < -0.39 is 0 Å². The monoisotopic (exact) mass is 228 g/mol. The molecule has 0 spiro atoms. The van der Waals surface area contributed by atoms with Gasteiger partial charge in [0.25, 0.3) is 5.56 Å². The van der Waals surface area contributed by atoms with Crippen molar-refractivity contribution in [3.8, 4) is 0 Å². The Morgan fingerprint density at radius 3 is 2.88 bits per heavy atom. The largest absolute Gasteiger partial charge is 0.296 e. The zero-order valence-corrected chi connectivity index (χ0v) is 10.2. The number of benzene rings is 1. The van der Waals surface area contributed by atoms with Crippen LogP contribution in [0.5, 0.6) is 0 Å².